The summed E-state index contributed by atoms with van der Waals surface area (Å²) < 4.78 is 5.15. The van der Waals surface area contributed by atoms with Crippen molar-refractivity contribution in [3.8, 4) is 0 Å². The number of ether oxygens (including phenoxy) is 1. The van der Waals surface area contributed by atoms with Gasteiger partial charge in [0.05, 0.1) is 11.1 Å². The fourth-order valence-corrected chi connectivity index (χ4v) is 3.23. The first-order valence-corrected chi connectivity index (χ1v) is 10.6. The highest BCUT2D eigenvalue weighted by Crippen LogP contribution is 2.26. The number of carbonyl (C=O) groups excluding carboxylic acids is 4. The Hall–Kier alpha value is -2.35. The summed E-state index contributed by atoms with van der Waals surface area (Å²) in [6, 6.07) is 5.34. The molecule has 0 bridgehead atoms. The van der Waals surface area contributed by atoms with Gasteiger partial charge in [-0.15, -0.1) is 0 Å². The van der Waals surface area contributed by atoms with Crippen LogP contribution in [0, 0.1) is 5.92 Å². The third kappa shape index (κ3) is 4.92. The van der Waals surface area contributed by atoms with Crippen molar-refractivity contribution in [3.05, 3.63) is 35.4 Å². The van der Waals surface area contributed by atoms with Gasteiger partial charge in [0.15, 0.2) is 6.61 Å². The van der Waals surface area contributed by atoms with Crippen LogP contribution in [0.5, 0.6) is 0 Å². The van der Waals surface area contributed by atoms with Crippen LogP contribution in [0.2, 0.25) is 0 Å². The van der Waals surface area contributed by atoms with Crippen LogP contribution in [-0.2, 0) is 14.3 Å². The Labute approximate surface area is 169 Å². The zero-order valence-electron chi connectivity index (χ0n) is 16.6. The smallest absolute Gasteiger partial charge is 0.329 e. The van der Waals surface area contributed by atoms with E-state index in [1.54, 1.807) is 24.3 Å². The van der Waals surface area contributed by atoms with Gasteiger partial charge in [-0.3, -0.25) is 19.3 Å². The van der Waals surface area contributed by atoms with Crippen molar-refractivity contribution in [3.63, 3.8) is 0 Å². The fourth-order valence-electron chi connectivity index (χ4n) is 2.77. The Balaban J connectivity index is 2.09. The molecule has 152 valence electrons. The molecular weight excluding hydrogens is 380 g/mol. The molecule has 1 heterocycles. The molecule has 2 atom stereocenters. The topological polar surface area (TPSA) is 92.8 Å². The monoisotopic (exact) mass is 406 g/mol. The number of imide groups is 1. The van der Waals surface area contributed by atoms with Gasteiger partial charge in [0.2, 0.25) is 0 Å². The largest absolute Gasteiger partial charge is 0.454 e. The minimum absolute atomic E-state index is 0.0604. The van der Waals surface area contributed by atoms with Crippen LogP contribution >= 0.6 is 11.8 Å². The molecule has 0 radical (unpaired) electrons. The number of nitrogens with one attached hydrogen (secondary N) is 1. The highest BCUT2D eigenvalue weighted by molar-refractivity contribution is 7.98. The highest BCUT2D eigenvalue weighted by Gasteiger charge is 2.43. The molecule has 1 aliphatic heterocycles. The second-order valence-electron chi connectivity index (χ2n) is 7.03. The van der Waals surface area contributed by atoms with E-state index in [0.29, 0.717) is 5.75 Å². The van der Waals surface area contributed by atoms with Gasteiger partial charge in [-0.25, -0.2) is 4.79 Å². The number of carbonyl (C=O) groups is 4. The molecule has 0 spiro atoms. The number of esters is 1. The number of amides is 3. The van der Waals surface area contributed by atoms with Crippen molar-refractivity contribution in [1.82, 2.24) is 10.2 Å². The van der Waals surface area contributed by atoms with E-state index in [1.165, 1.54) is 11.8 Å². The normalized spacial score (nSPS) is 15.4. The molecule has 0 saturated heterocycles. The number of thioether (sulfide) groups is 1. The number of hydrogen-bond acceptors (Lipinski definition) is 6. The fraction of sp³-hybridized carbons (Fsp3) is 0.500. The molecule has 0 aliphatic carbocycles. The van der Waals surface area contributed by atoms with Gasteiger partial charge in [0.25, 0.3) is 17.7 Å². The van der Waals surface area contributed by atoms with Crippen LogP contribution in [0.25, 0.3) is 0 Å². The number of hydrogen-bond donors (Lipinski definition) is 1. The molecule has 0 unspecified atom stereocenters. The van der Waals surface area contributed by atoms with E-state index in [9.17, 15) is 19.2 Å². The van der Waals surface area contributed by atoms with Crippen molar-refractivity contribution >= 4 is 35.5 Å². The average Bonchev–Trinajstić information content (AvgIpc) is 2.92. The summed E-state index contributed by atoms with van der Waals surface area (Å²) in [5.41, 5.74) is 0.552. The van der Waals surface area contributed by atoms with Gasteiger partial charge in [-0.05, 0) is 43.4 Å². The zero-order valence-corrected chi connectivity index (χ0v) is 17.4. The molecule has 7 nitrogen and oxygen atoms in total. The minimum Gasteiger partial charge on any atom is -0.454 e. The molecule has 8 heteroatoms. The van der Waals surface area contributed by atoms with E-state index in [-0.39, 0.29) is 29.5 Å². The zero-order chi connectivity index (χ0) is 20.8. The molecule has 1 N–H and O–H groups in total. The summed E-state index contributed by atoms with van der Waals surface area (Å²) >= 11 is 1.49. The van der Waals surface area contributed by atoms with Crippen LogP contribution in [-0.4, -0.2) is 59.3 Å². The van der Waals surface area contributed by atoms with Gasteiger partial charge in [0, 0.05) is 6.04 Å². The maximum atomic E-state index is 12.7. The third-order valence-electron chi connectivity index (χ3n) is 4.74. The SMILES string of the molecule is CSCC[C@@H](C(=O)OCC(=O)N[C@H](C)C(C)C)N1C(=O)c2ccccc2C1=O. The molecule has 1 aromatic rings. The van der Waals surface area contributed by atoms with E-state index in [4.69, 9.17) is 4.74 Å². The van der Waals surface area contributed by atoms with Crippen LogP contribution in [0.4, 0.5) is 0 Å². The minimum atomic E-state index is -1.06. The van der Waals surface area contributed by atoms with Crippen molar-refractivity contribution < 1.29 is 23.9 Å². The van der Waals surface area contributed by atoms with E-state index in [2.05, 4.69) is 5.32 Å². The predicted molar refractivity (Wildman–Crippen MR) is 107 cm³/mol. The van der Waals surface area contributed by atoms with Crippen LogP contribution < -0.4 is 5.32 Å². The highest BCUT2D eigenvalue weighted by atomic mass is 32.2. The summed E-state index contributed by atoms with van der Waals surface area (Å²) in [4.78, 5) is 51.0. The van der Waals surface area contributed by atoms with Crippen molar-refractivity contribution in [2.75, 3.05) is 18.6 Å². The van der Waals surface area contributed by atoms with E-state index in [1.807, 2.05) is 27.0 Å². The predicted octanol–water partition coefficient (Wildman–Crippen LogP) is 2.11. The average molecular weight is 407 g/mol. The molecule has 0 saturated carbocycles. The molecule has 0 aromatic heterocycles. The Morgan fingerprint density at radius 2 is 1.68 bits per heavy atom. The van der Waals surface area contributed by atoms with Crippen LogP contribution in [0.15, 0.2) is 24.3 Å². The van der Waals surface area contributed by atoms with E-state index >= 15 is 0 Å². The first-order valence-electron chi connectivity index (χ1n) is 9.19. The second kappa shape index (κ2) is 9.73. The first-order chi connectivity index (χ1) is 13.3. The molecule has 1 aromatic carbocycles. The number of fused-ring (bicyclic) bond motifs is 1. The van der Waals surface area contributed by atoms with Crippen LogP contribution in [0.1, 0.15) is 47.9 Å². The lowest BCUT2D eigenvalue weighted by molar-refractivity contribution is -0.152. The summed E-state index contributed by atoms with van der Waals surface area (Å²) in [5.74, 6) is -1.39. The van der Waals surface area contributed by atoms with E-state index < -0.39 is 36.3 Å². The lowest BCUT2D eigenvalue weighted by Crippen LogP contribution is -2.47. The molecule has 2 rings (SSSR count). The summed E-state index contributed by atoms with van der Waals surface area (Å²) in [6.07, 6.45) is 2.13. The Morgan fingerprint density at radius 1 is 1.11 bits per heavy atom. The van der Waals surface area contributed by atoms with Gasteiger partial charge in [-0.1, -0.05) is 26.0 Å². The number of nitrogens with zero attached hydrogens (tertiary/aromatic N) is 1. The Morgan fingerprint density at radius 3 is 2.18 bits per heavy atom. The molecule has 1 aliphatic rings. The summed E-state index contributed by atoms with van der Waals surface area (Å²) in [7, 11) is 0. The maximum absolute atomic E-state index is 12.7. The molecule has 28 heavy (non-hydrogen) atoms. The molecule has 0 fully saturated rings. The quantitative estimate of drug-likeness (QED) is 0.499. The standard InChI is InChI=1S/C20H26N2O5S/c1-12(2)13(3)21-17(23)11-27-20(26)16(9-10-28-4)22-18(24)14-7-5-6-8-15(14)19(22)25/h5-8,12-13,16H,9-11H2,1-4H3,(H,21,23)/t13-,16+/m1/s1. The van der Waals surface area contributed by atoms with Crippen LogP contribution in [0.3, 0.4) is 0 Å². The third-order valence-corrected chi connectivity index (χ3v) is 5.38. The first kappa shape index (κ1) is 21.9. The number of rotatable bonds is 9. The Kier molecular flexibility index (Phi) is 7.62. The summed E-state index contributed by atoms with van der Waals surface area (Å²) in [6.45, 7) is 5.36. The van der Waals surface area contributed by atoms with Crippen molar-refractivity contribution in [1.29, 1.82) is 0 Å². The lowest BCUT2D eigenvalue weighted by Gasteiger charge is -2.24. The van der Waals surface area contributed by atoms with E-state index in [0.717, 1.165) is 4.90 Å². The second-order valence-corrected chi connectivity index (χ2v) is 8.02. The van der Waals surface area contributed by atoms with Gasteiger partial charge < -0.3 is 10.1 Å². The number of benzene rings is 1. The summed E-state index contributed by atoms with van der Waals surface area (Å²) in [5, 5.41) is 2.75. The molecule has 3 amide bonds. The van der Waals surface area contributed by atoms with Crippen molar-refractivity contribution in [2.24, 2.45) is 5.92 Å². The lowest BCUT2D eigenvalue weighted by atomic mass is 10.1. The maximum Gasteiger partial charge on any atom is 0.329 e. The Bertz CT molecular complexity index is 730. The van der Waals surface area contributed by atoms with Gasteiger partial charge >= 0.3 is 5.97 Å². The molecular formula is C20H26N2O5S. The van der Waals surface area contributed by atoms with Gasteiger partial charge in [0.1, 0.15) is 6.04 Å². The van der Waals surface area contributed by atoms with Gasteiger partial charge in [-0.2, -0.15) is 11.8 Å². The van der Waals surface area contributed by atoms with Crippen molar-refractivity contribution in [2.45, 2.75) is 39.3 Å².